The molecular formula is C18H18BrNO4. The van der Waals surface area contributed by atoms with E-state index < -0.39 is 12.1 Å². The summed E-state index contributed by atoms with van der Waals surface area (Å²) in [6.07, 6.45) is -0.807. The van der Waals surface area contributed by atoms with Gasteiger partial charge in [-0.1, -0.05) is 40.2 Å². The van der Waals surface area contributed by atoms with Gasteiger partial charge in [0.1, 0.15) is 5.75 Å². The Morgan fingerprint density at radius 2 is 1.88 bits per heavy atom. The van der Waals surface area contributed by atoms with Crippen LogP contribution in [-0.4, -0.2) is 24.6 Å². The van der Waals surface area contributed by atoms with Crippen molar-refractivity contribution in [3.63, 3.8) is 0 Å². The van der Waals surface area contributed by atoms with Crippen molar-refractivity contribution >= 4 is 33.5 Å². The number of hydrogen-bond acceptors (Lipinski definition) is 4. The first kappa shape index (κ1) is 18.0. The van der Waals surface area contributed by atoms with Gasteiger partial charge in [0, 0.05) is 10.2 Å². The fourth-order valence-electron chi connectivity index (χ4n) is 1.88. The van der Waals surface area contributed by atoms with Gasteiger partial charge in [-0.2, -0.15) is 0 Å². The van der Waals surface area contributed by atoms with Crippen LogP contribution in [0.3, 0.4) is 0 Å². The standard InChI is InChI=1S/C18H18BrNO4/c1-13(18(22)20-15-7-3-2-4-8-15)24-17(21)10-11-23-16-9-5-6-14(19)12-16/h2-9,12-13H,10-11H2,1H3,(H,20,22)/t13-/m1/s1. The number of benzene rings is 2. The summed E-state index contributed by atoms with van der Waals surface area (Å²) in [6.45, 7) is 1.72. The first-order valence-corrected chi connectivity index (χ1v) is 8.27. The minimum atomic E-state index is -0.872. The van der Waals surface area contributed by atoms with Crippen molar-refractivity contribution in [1.29, 1.82) is 0 Å². The SMILES string of the molecule is C[C@@H](OC(=O)CCOc1cccc(Br)c1)C(=O)Nc1ccccc1. The number of anilines is 1. The van der Waals surface area contributed by atoms with E-state index in [1.807, 2.05) is 30.3 Å². The molecule has 0 spiro atoms. The van der Waals surface area contributed by atoms with Crippen molar-refractivity contribution in [3.8, 4) is 5.75 Å². The molecule has 5 nitrogen and oxygen atoms in total. The van der Waals surface area contributed by atoms with Gasteiger partial charge in [-0.25, -0.2) is 0 Å². The number of amides is 1. The highest BCUT2D eigenvalue weighted by Gasteiger charge is 2.17. The summed E-state index contributed by atoms with van der Waals surface area (Å²) in [5.74, 6) is -0.199. The maximum Gasteiger partial charge on any atom is 0.310 e. The molecule has 6 heteroatoms. The molecule has 2 aromatic rings. The van der Waals surface area contributed by atoms with E-state index in [-0.39, 0.29) is 18.9 Å². The lowest BCUT2D eigenvalue weighted by Crippen LogP contribution is -2.30. The molecule has 0 aliphatic heterocycles. The third-order valence-electron chi connectivity index (χ3n) is 3.09. The molecule has 126 valence electrons. The summed E-state index contributed by atoms with van der Waals surface area (Å²) < 4.78 is 11.5. The van der Waals surface area contributed by atoms with Crippen LogP contribution in [0.2, 0.25) is 0 Å². The number of rotatable bonds is 7. The lowest BCUT2D eigenvalue weighted by molar-refractivity contribution is -0.153. The Hall–Kier alpha value is -2.34. The van der Waals surface area contributed by atoms with Crippen molar-refractivity contribution in [3.05, 3.63) is 59.1 Å². The highest BCUT2D eigenvalue weighted by atomic mass is 79.9. The third kappa shape index (κ3) is 6.04. The molecule has 0 heterocycles. The molecule has 0 bridgehead atoms. The first-order chi connectivity index (χ1) is 11.5. The summed E-state index contributed by atoms with van der Waals surface area (Å²) >= 11 is 3.34. The van der Waals surface area contributed by atoms with Crippen LogP contribution in [-0.2, 0) is 14.3 Å². The van der Waals surface area contributed by atoms with Gasteiger partial charge < -0.3 is 14.8 Å². The zero-order valence-electron chi connectivity index (χ0n) is 13.2. The summed E-state index contributed by atoms with van der Waals surface area (Å²) in [5.41, 5.74) is 0.656. The predicted molar refractivity (Wildman–Crippen MR) is 94.9 cm³/mol. The van der Waals surface area contributed by atoms with Gasteiger partial charge in [0.15, 0.2) is 6.10 Å². The van der Waals surface area contributed by atoms with Gasteiger partial charge in [-0.15, -0.1) is 0 Å². The number of halogens is 1. The van der Waals surface area contributed by atoms with Crippen LogP contribution in [0.4, 0.5) is 5.69 Å². The van der Waals surface area contributed by atoms with Crippen molar-refractivity contribution in [2.24, 2.45) is 0 Å². The number of hydrogen-bond donors (Lipinski definition) is 1. The Morgan fingerprint density at radius 1 is 1.12 bits per heavy atom. The van der Waals surface area contributed by atoms with E-state index in [1.54, 1.807) is 24.3 Å². The number of ether oxygens (including phenoxy) is 2. The molecular weight excluding hydrogens is 374 g/mol. The third-order valence-corrected chi connectivity index (χ3v) is 3.58. The zero-order valence-corrected chi connectivity index (χ0v) is 14.8. The molecule has 0 saturated carbocycles. The Balaban J connectivity index is 1.72. The Labute approximate surface area is 149 Å². The molecule has 0 aliphatic rings. The smallest absolute Gasteiger partial charge is 0.310 e. The van der Waals surface area contributed by atoms with E-state index in [9.17, 15) is 9.59 Å². The summed E-state index contributed by atoms with van der Waals surface area (Å²) in [5, 5.41) is 2.68. The number of carbonyl (C=O) groups is 2. The molecule has 0 aromatic heterocycles. The quantitative estimate of drug-likeness (QED) is 0.729. The molecule has 24 heavy (non-hydrogen) atoms. The Bertz CT molecular complexity index is 690. The minimum Gasteiger partial charge on any atom is -0.493 e. The predicted octanol–water partition coefficient (Wildman–Crippen LogP) is 3.79. The number of carbonyl (C=O) groups excluding carboxylic acids is 2. The van der Waals surface area contributed by atoms with Crippen LogP contribution in [0.5, 0.6) is 5.75 Å². The van der Waals surface area contributed by atoms with Crippen LogP contribution in [0, 0.1) is 0 Å². The maximum atomic E-state index is 12.0. The molecule has 0 unspecified atom stereocenters. The van der Waals surface area contributed by atoms with E-state index in [2.05, 4.69) is 21.2 Å². The van der Waals surface area contributed by atoms with E-state index in [0.717, 1.165) is 4.47 Å². The maximum absolute atomic E-state index is 12.0. The summed E-state index contributed by atoms with van der Waals surface area (Å²) in [7, 11) is 0. The lowest BCUT2D eigenvalue weighted by Gasteiger charge is -2.13. The minimum absolute atomic E-state index is 0.0650. The van der Waals surface area contributed by atoms with E-state index >= 15 is 0 Å². The topological polar surface area (TPSA) is 64.6 Å². The summed E-state index contributed by atoms with van der Waals surface area (Å²) in [4.78, 5) is 23.7. The van der Waals surface area contributed by atoms with Crippen molar-refractivity contribution in [1.82, 2.24) is 0 Å². The second kappa shape index (κ2) is 9.08. The molecule has 0 saturated heterocycles. The van der Waals surface area contributed by atoms with E-state index in [0.29, 0.717) is 11.4 Å². The molecule has 1 N–H and O–H groups in total. The van der Waals surface area contributed by atoms with Gasteiger partial charge >= 0.3 is 5.97 Å². The number of nitrogens with one attached hydrogen (secondary N) is 1. The molecule has 2 rings (SSSR count). The van der Waals surface area contributed by atoms with E-state index in [1.165, 1.54) is 6.92 Å². The van der Waals surface area contributed by atoms with Crippen molar-refractivity contribution < 1.29 is 19.1 Å². The molecule has 1 amide bonds. The van der Waals surface area contributed by atoms with Gasteiger partial charge in [0.05, 0.1) is 13.0 Å². The van der Waals surface area contributed by atoms with Gasteiger partial charge in [0.25, 0.3) is 5.91 Å². The highest BCUT2D eigenvalue weighted by molar-refractivity contribution is 9.10. The molecule has 0 fully saturated rings. The average molecular weight is 392 g/mol. The molecule has 1 atom stereocenters. The monoisotopic (exact) mass is 391 g/mol. The molecule has 0 radical (unpaired) electrons. The fourth-order valence-corrected chi connectivity index (χ4v) is 2.26. The largest absolute Gasteiger partial charge is 0.493 e. The second-order valence-electron chi connectivity index (χ2n) is 5.04. The van der Waals surface area contributed by atoms with Crippen LogP contribution < -0.4 is 10.1 Å². The second-order valence-corrected chi connectivity index (χ2v) is 5.96. The number of para-hydroxylation sites is 1. The van der Waals surface area contributed by atoms with Crippen molar-refractivity contribution in [2.45, 2.75) is 19.4 Å². The first-order valence-electron chi connectivity index (χ1n) is 7.48. The normalized spacial score (nSPS) is 11.4. The Kier molecular flexibility index (Phi) is 6.81. The van der Waals surface area contributed by atoms with Crippen LogP contribution >= 0.6 is 15.9 Å². The molecule has 2 aromatic carbocycles. The van der Waals surface area contributed by atoms with Crippen LogP contribution in [0.15, 0.2) is 59.1 Å². The fraction of sp³-hybridized carbons (Fsp3) is 0.222. The van der Waals surface area contributed by atoms with Gasteiger partial charge in [-0.05, 0) is 37.3 Å². The highest BCUT2D eigenvalue weighted by Crippen LogP contribution is 2.17. The molecule has 0 aliphatic carbocycles. The number of esters is 1. The van der Waals surface area contributed by atoms with E-state index in [4.69, 9.17) is 9.47 Å². The van der Waals surface area contributed by atoms with Crippen LogP contribution in [0.1, 0.15) is 13.3 Å². The average Bonchev–Trinajstić information content (AvgIpc) is 2.55. The van der Waals surface area contributed by atoms with Crippen molar-refractivity contribution in [2.75, 3.05) is 11.9 Å². The summed E-state index contributed by atoms with van der Waals surface area (Å²) in [6, 6.07) is 16.3. The zero-order chi connectivity index (χ0) is 17.4. The van der Waals surface area contributed by atoms with Gasteiger partial charge in [0.2, 0.25) is 0 Å². The lowest BCUT2D eigenvalue weighted by atomic mass is 10.3. The Morgan fingerprint density at radius 3 is 2.58 bits per heavy atom. The van der Waals surface area contributed by atoms with Gasteiger partial charge in [-0.3, -0.25) is 9.59 Å². The van der Waals surface area contributed by atoms with Crippen LogP contribution in [0.25, 0.3) is 0 Å².